The molecule has 0 fully saturated rings. The lowest BCUT2D eigenvalue weighted by molar-refractivity contribution is -0.121. The molecule has 0 spiro atoms. The second-order valence-corrected chi connectivity index (χ2v) is 5.05. The van der Waals surface area contributed by atoms with Crippen molar-refractivity contribution < 1.29 is 9.59 Å². The Morgan fingerprint density at radius 2 is 2.00 bits per heavy atom. The molecule has 0 unspecified atom stereocenters. The molecule has 7 heteroatoms. The predicted octanol–water partition coefficient (Wildman–Crippen LogP) is 2.17. The van der Waals surface area contributed by atoms with Crippen molar-refractivity contribution in [1.29, 1.82) is 0 Å². The van der Waals surface area contributed by atoms with Crippen LogP contribution < -0.4 is 11.1 Å². The Bertz CT molecular complexity index is 497. The number of halogens is 2. The summed E-state index contributed by atoms with van der Waals surface area (Å²) in [5.41, 5.74) is 6.24. The molecule has 0 saturated carbocycles. The lowest BCUT2D eigenvalue weighted by Crippen LogP contribution is -2.40. The lowest BCUT2D eigenvalue weighted by atomic mass is 10.1. The molecule has 0 aliphatic carbocycles. The molecule has 1 aromatic carbocycles. The summed E-state index contributed by atoms with van der Waals surface area (Å²) in [5, 5.41) is 2.92. The molecule has 0 heterocycles. The number of carbonyl (C=O) groups excluding carboxylic acids is 2. The Morgan fingerprint density at radius 3 is 2.50 bits per heavy atom. The number of amides is 2. The van der Waals surface area contributed by atoms with E-state index in [9.17, 15) is 9.59 Å². The maximum atomic E-state index is 12.4. The molecular weight excluding hydrogens is 301 g/mol. The van der Waals surface area contributed by atoms with Crippen LogP contribution in [-0.2, 0) is 4.79 Å². The zero-order valence-corrected chi connectivity index (χ0v) is 12.9. The number of nitrogens with one attached hydrogen (secondary N) is 1. The molecule has 0 atom stereocenters. The van der Waals surface area contributed by atoms with E-state index < -0.39 is 0 Å². The maximum absolute atomic E-state index is 12.4. The lowest BCUT2D eigenvalue weighted by Gasteiger charge is -2.21. The number of hydrogen-bond acceptors (Lipinski definition) is 3. The minimum atomic E-state index is -0.305. The van der Waals surface area contributed by atoms with Gasteiger partial charge in [0.15, 0.2) is 0 Å². The van der Waals surface area contributed by atoms with Crippen molar-refractivity contribution in [3.8, 4) is 0 Å². The Balaban J connectivity index is 3.03. The van der Waals surface area contributed by atoms with Crippen LogP contribution in [0.5, 0.6) is 0 Å². The van der Waals surface area contributed by atoms with E-state index in [2.05, 4.69) is 5.32 Å². The van der Waals surface area contributed by atoms with E-state index >= 15 is 0 Å². The highest BCUT2D eigenvalue weighted by Crippen LogP contribution is 2.29. The highest BCUT2D eigenvalue weighted by Gasteiger charge is 2.19. The number of anilines is 1. The summed E-state index contributed by atoms with van der Waals surface area (Å²) in [5.74, 6) is -0.541. The smallest absolute Gasteiger partial charge is 0.254 e. The van der Waals surface area contributed by atoms with Crippen molar-refractivity contribution >= 4 is 40.7 Å². The number of nitrogens with zero attached hydrogens (tertiary/aromatic N) is 1. The number of benzene rings is 1. The van der Waals surface area contributed by atoms with Crippen molar-refractivity contribution in [3.05, 3.63) is 27.7 Å². The predicted molar refractivity (Wildman–Crippen MR) is 81.1 cm³/mol. The molecule has 1 aromatic rings. The molecule has 0 aliphatic rings. The average Bonchev–Trinajstić information content (AvgIpc) is 2.42. The van der Waals surface area contributed by atoms with Gasteiger partial charge in [0, 0.05) is 19.2 Å². The van der Waals surface area contributed by atoms with Gasteiger partial charge in [-0.3, -0.25) is 9.59 Å². The maximum Gasteiger partial charge on any atom is 0.254 e. The summed E-state index contributed by atoms with van der Waals surface area (Å²) in [6.07, 6.45) is 0.736. The second-order valence-electron chi connectivity index (χ2n) is 4.26. The van der Waals surface area contributed by atoms with Gasteiger partial charge < -0.3 is 16.0 Å². The topological polar surface area (TPSA) is 75.4 Å². The van der Waals surface area contributed by atoms with E-state index in [0.717, 1.165) is 6.42 Å². The molecule has 2 amide bonds. The summed E-state index contributed by atoms with van der Waals surface area (Å²) in [4.78, 5) is 25.3. The van der Waals surface area contributed by atoms with Gasteiger partial charge >= 0.3 is 0 Å². The number of carbonyl (C=O) groups is 2. The first-order valence-electron chi connectivity index (χ1n) is 6.15. The van der Waals surface area contributed by atoms with Gasteiger partial charge in [-0.15, -0.1) is 0 Å². The zero-order chi connectivity index (χ0) is 15.3. The quantitative estimate of drug-likeness (QED) is 0.817. The highest BCUT2D eigenvalue weighted by atomic mass is 35.5. The second kappa shape index (κ2) is 7.36. The number of nitrogen functional groups attached to an aromatic ring is 1. The van der Waals surface area contributed by atoms with Crippen molar-refractivity contribution in [2.45, 2.75) is 13.3 Å². The van der Waals surface area contributed by atoms with Gasteiger partial charge in [0.1, 0.15) is 0 Å². The van der Waals surface area contributed by atoms with E-state index in [1.54, 1.807) is 0 Å². The largest absolute Gasteiger partial charge is 0.397 e. The van der Waals surface area contributed by atoms with Crippen LogP contribution in [0.4, 0.5) is 5.69 Å². The molecule has 110 valence electrons. The van der Waals surface area contributed by atoms with E-state index in [0.29, 0.717) is 12.1 Å². The van der Waals surface area contributed by atoms with Gasteiger partial charge in [0.2, 0.25) is 5.91 Å². The van der Waals surface area contributed by atoms with Crippen LogP contribution in [0, 0.1) is 0 Å². The third-order valence-corrected chi connectivity index (χ3v) is 3.51. The summed E-state index contributed by atoms with van der Waals surface area (Å²) in [6.45, 7) is 2.38. The van der Waals surface area contributed by atoms with E-state index in [1.807, 2.05) is 6.92 Å². The SMILES string of the molecule is CCCN(CC(=O)NC)C(=O)c1cc(N)c(Cl)c(Cl)c1. The molecule has 3 N–H and O–H groups in total. The highest BCUT2D eigenvalue weighted by molar-refractivity contribution is 6.43. The summed E-state index contributed by atoms with van der Waals surface area (Å²) >= 11 is 11.8. The third kappa shape index (κ3) is 4.02. The van der Waals surface area contributed by atoms with Gasteiger partial charge in [0.25, 0.3) is 5.91 Å². The normalized spacial score (nSPS) is 10.2. The first-order valence-corrected chi connectivity index (χ1v) is 6.90. The van der Waals surface area contributed by atoms with Crippen LogP contribution in [0.2, 0.25) is 10.0 Å². The van der Waals surface area contributed by atoms with Gasteiger partial charge in [-0.2, -0.15) is 0 Å². The monoisotopic (exact) mass is 317 g/mol. The standard InChI is InChI=1S/C13H17Cl2N3O2/c1-3-4-18(7-11(19)17-2)13(20)8-5-9(14)12(15)10(16)6-8/h5-6H,3-4,7,16H2,1-2H3,(H,17,19). The first kappa shape index (κ1) is 16.6. The fraction of sp³-hybridized carbons (Fsp3) is 0.385. The van der Waals surface area contributed by atoms with Crippen LogP contribution in [0.3, 0.4) is 0 Å². The molecule has 1 rings (SSSR count). The van der Waals surface area contributed by atoms with Crippen molar-refractivity contribution in [2.75, 3.05) is 25.9 Å². The van der Waals surface area contributed by atoms with E-state index in [-0.39, 0.29) is 34.1 Å². The van der Waals surface area contributed by atoms with Crippen molar-refractivity contribution in [2.24, 2.45) is 0 Å². The van der Waals surface area contributed by atoms with Gasteiger partial charge in [-0.25, -0.2) is 0 Å². The Hall–Kier alpha value is -1.46. The van der Waals surface area contributed by atoms with Crippen LogP contribution in [0.25, 0.3) is 0 Å². The molecule has 0 radical (unpaired) electrons. The fourth-order valence-corrected chi connectivity index (χ4v) is 2.03. The molecule has 0 bridgehead atoms. The minimum Gasteiger partial charge on any atom is -0.397 e. The summed E-state index contributed by atoms with van der Waals surface area (Å²) < 4.78 is 0. The fourth-order valence-electron chi connectivity index (χ4n) is 1.69. The summed E-state index contributed by atoms with van der Waals surface area (Å²) in [6, 6.07) is 2.91. The van der Waals surface area contributed by atoms with Crippen LogP contribution in [-0.4, -0.2) is 36.9 Å². The summed E-state index contributed by atoms with van der Waals surface area (Å²) in [7, 11) is 1.52. The third-order valence-electron chi connectivity index (χ3n) is 2.70. The number of hydrogen-bond donors (Lipinski definition) is 2. The molecule has 0 aliphatic heterocycles. The number of rotatable bonds is 5. The Morgan fingerprint density at radius 1 is 1.35 bits per heavy atom. The minimum absolute atomic E-state index is 0.0106. The van der Waals surface area contributed by atoms with E-state index in [4.69, 9.17) is 28.9 Å². The van der Waals surface area contributed by atoms with Crippen LogP contribution >= 0.6 is 23.2 Å². The van der Waals surface area contributed by atoms with E-state index in [1.165, 1.54) is 24.1 Å². The molecule has 20 heavy (non-hydrogen) atoms. The zero-order valence-electron chi connectivity index (χ0n) is 11.4. The Labute approximate surface area is 128 Å². The van der Waals surface area contributed by atoms with Gasteiger partial charge in [-0.05, 0) is 18.6 Å². The molecule has 0 aromatic heterocycles. The molecule has 0 saturated heterocycles. The van der Waals surface area contributed by atoms with Crippen LogP contribution in [0.1, 0.15) is 23.7 Å². The molecular formula is C13H17Cl2N3O2. The number of nitrogens with two attached hydrogens (primary N) is 1. The average molecular weight is 318 g/mol. The van der Waals surface area contributed by atoms with Gasteiger partial charge in [-0.1, -0.05) is 30.1 Å². The first-order chi connectivity index (χ1) is 9.40. The molecule has 5 nitrogen and oxygen atoms in total. The van der Waals surface area contributed by atoms with Crippen molar-refractivity contribution in [3.63, 3.8) is 0 Å². The van der Waals surface area contributed by atoms with Gasteiger partial charge in [0.05, 0.1) is 22.3 Å². The number of likely N-dealkylation sites (N-methyl/N-ethyl adjacent to an activating group) is 1. The van der Waals surface area contributed by atoms with Crippen molar-refractivity contribution in [1.82, 2.24) is 10.2 Å². The van der Waals surface area contributed by atoms with Crippen LogP contribution in [0.15, 0.2) is 12.1 Å². The Kier molecular flexibility index (Phi) is 6.10.